The van der Waals surface area contributed by atoms with E-state index in [2.05, 4.69) is 10.8 Å². The predicted molar refractivity (Wildman–Crippen MR) is 62.2 cm³/mol. The molecule has 0 spiro atoms. The molecule has 0 aromatic heterocycles. The molecular formula is C9H12ClN5O. The number of hydrogen-bond acceptors (Lipinski definition) is 3. The van der Waals surface area contributed by atoms with Gasteiger partial charge >= 0.3 is 0 Å². The van der Waals surface area contributed by atoms with Crippen molar-refractivity contribution < 1.29 is 4.84 Å². The maximum atomic E-state index is 7.23. The average Bonchev–Trinajstić information content (AvgIpc) is 2.20. The maximum Gasteiger partial charge on any atom is 0.219 e. The summed E-state index contributed by atoms with van der Waals surface area (Å²) in [5, 5.41) is 17.0. The second-order valence-corrected chi connectivity index (χ2v) is 3.37. The minimum atomic E-state index is -0.326. The van der Waals surface area contributed by atoms with Gasteiger partial charge in [-0.3, -0.25) is 21.0 Å². The molecule has 6 nitrogen and oxygen atoms in total. The zero-order chi connectivity index (χ0) is 12.0. The number of hydroxylamine groups is 1. The smallest absolute Gasteiger partial charge is 0.219 e. The van der Waals surface area contributed by atoms with E-state index < -0.39 is 0 Å². The van der Waals surface area contributed by atoms with Gasteiger partial charge in [-0.2, -0.15) is 0 Å². The highest BCUT2D eigenvalue weighted by atomic mass is 35.5. The fraction of sp³-hybridized carbons (Fsp3) is 0.111. The topological polar surface area (TPSA) is 107 Å². The number of nitrogens with one attached hydrogen (secondary N) is 4. The van der Waals surface area contributed by atoms with Crippen molar-refractivity contribution in [1.29, 1.82) is 10.8 Å². The second-order valence-electron chi connectivity index (χ2n) is 2.93. The molecule has 0 radical (unpaired) electrons. The monoisotopic (exact) mass is 241 g/mol. The Kier molecular flexibility index (Phi) is 4.56. The molecule has 86 valence electrons. The van der Waals surface area contributed by atoms with Crippen molar-refractivity contribution in [2.75, 3.05) is 0 Å². The number of benzene rings is 1. The van der Waals surface area contributed by atoms with E-state index in [1.165, 1.54) is 0 Å². The molecule has 0 saturated heterocycles. The van der Waals surface area contributed by atoms with Gasteiger partial charge in [-0.1, -0.05) is 23.7 Å². The molecule has 0 aliphatic carbocycles. The molecule has 6 N–H and O–H groups in total. The Morgan fingerprint density at radius 2 is 1.94 bits per heavy atom. The molecular weight excluding hydrogens is 230 g/mol. The highest BCUT2D eigenvalue weighted by molar-refractivity contribution is 6.30. The molecule has 0 aliphatic rings. The lowest BCUT2D eigenvalue weighted by Gasteiger charge is -2.08. The largest absolute Gasteiger partial charge is 0.370 e. The van der Waals surface area contributed by atoms with Crippen molar-refractivity contribution in [2.45, 2.75) is 6.61 Å². The van der Waals surface area contributed by atoms with Crippen molar-refractivity contribution in [3.05, 3.63) is 34.9 Å². The van der Waals surface area contributed by atoms with Crippen molar-refractivity contribution in [3.63, 3.8) is 0 Å². The number of hydrogen-bond donors (Lipinski definition) is 5. The van der Waals surface area contributed by atoms with Crippen LogP contribution in [0.15, 0.2) is 24.3 Å². The van der Waals surface area contributed by atoms with Crippen LogP contribution in [0.2, 0.25) is 5.02 Å². The summed E-state index contributed by atoms with van der Waals surface area (Å²) >= 11 is 5.72. The summed E-state index contributed by atoms with van der Waals surface area (Å²) in [4.78, 5) is 4.99. The molecule has 0 bridgehead atoms. The van der Waals surface area contributed by atoms with Crippen LogP contribution >= 0.6 is 11.6 Å². The highest BCUT2D eigenvalue weighted by Crippen LogP contribution is 2.09. The van der Waals surface area contributed by atoms with Crippen molar-refractivity contribution in [1.82, 2.24) is 10.8 Å². The van der Waals surface area contributed by atoms with Gasteiger partial charge in [0, 0.05) is 5.02 Å². The summed E-state index contributed by atoms with van der Waals surface area (Å²) < 4.78 is 0. The van der Waals surface area contributed by atoms with Crippen LogP contribution in [0.4, 0.5) is 0 Å². The molecule has 0 fully saturated rings. The lowest BCUT2D eigenvalue weighted by atomic mass is 10.2. The molecule has 1 aromatic carbocycles. The van der Waals surface area contributed by atoms with Gasteiger partial charge in [0.25, 0.3) is 0 Å². The summed E-state index contributed by atoms with van der Waals surface area (Å²) in [5.74, 6) is -0.519. The fourth-order valence-electron chi connectivity index (χ4n) is 0.932. The van der Waals surface area contributed by atoms with Crippen LogP contribution in [0.25, 0.3) is 0 Å². The number of rotatable bonds is 3. The van der Waals surface area contributed by atoms with E-state index in [0.29, 0.717) is 5.02 Å². The minimum Gasteiger partial charge on any atom is -0.370 e. The van der Waals surface area contributed by atoms with Gasteiger partial charge in [0.15, 0.2) is 5.96 Å². The molecule has 1 aromatic rings. The third kappa shape index (κ3) is 4.63. The Labute approximate surface area is 97.7 Å². The molecule has 7 heteroatoms. The van der Waals surface area contributed by atoms with Gasteiger partial charge in [0.2, 0.25) is 5.96 Å². The van der Waals surface area contributed by atoms with E-state index in [1.54, 1.807) is 12.1 Å². The first-order valence-electron chi connectivity index (χ1n) is 4.40. The first kappa shape index (κ1) is 12.3. The lowest BCUT2D eigenvalue weighted by molar-refractivity contribution is 0.0690. The third-order valence-corrected chi connectivity index (χ3v) is 1.84. The molecule has 1 rings (SSSR count). The fourth-order valence-corrected chi connectivity index (χ4v) is 1.06. The van der Waals surface area contributed by atoms with Crippen LogP contribution in [-0.2, 0) is 11.4 Å². The van der Waals surface area contributed by atoms with E-state index in [0.717, 1.165) is 5.56 Å². The van der Waals surface area contributed by atoms with Crippen LogP contribution in [0.5, 0.6) is 0 Å². The summed E-state index contributed by atoms with van der Waals surface area (Å²) in [7, 11) is 0. The third-order valence-electron chi connectivity index (χ3n) is 1.59. The first-order chi connectivity index (χ1) is 7.58. The Bertz CT molecular complexity index is 378. The van der Waals surface area contributed by atoms with Crippen LogP contribution in [-0.4, -0.2) is 11.9 Å². The molecule has 0 unspecified atom stereocenters. The quantitative estimate of drug-likeness (QED) is 0.306. The van der Waals surface area contributed by atoms with Gasteiger partial charge in [-0.15, -0.1) is 0 Å². The van der Waals surface area contributed by atoms with E-state index in [1.807, 2.05) is 12.1 Å². The van der Waals surface area contributed by atoms with E-state index in [4.69, 9.17) is 33.0 Å². The second kappa shape index (κ2) is 5.94. The van der Waals surface area contributed by atoms with Crippen molar-refractivity contribution >= 4 is 23.5 Å². The lowest BCUT2D eigenvalue weighted by Crippen LogP contribution is -2.43. The summed E-state index contributed by atoms with van der Waals surface area (Å²) in [6.45, 7) is 0.277. The van der Waals surface area contributed by atoms with Crippen LogP contribution < -0.4 is 16.5 Å². The van der Waals surface area contributed by atoms with E-state index in [9.17, 15) is 0 Å². The first-order valence-corrected chi connectivity index (χ1v) is 4.77. The highest BCUT2D eigenvalue weighted by Gasteiger charge is 1.97. The van der Waals surface area contributed by atoms with Gasteiger partial charge < -0.3 is 5.73 Å². The number of halogens is 1. The van der Waals surface area contributed by atoms with Crippen LogP contribution in [0, 0.1) is 10.8 Å². The Balaban J connectivity index is 2.28. The molecule has 0 heterocycles. The Morgan fingerprint density at radius 3 is 2.50 bits per heavy atom. The number of nitrogens with two attached hydrogens (primary N) is 1. The summed E-state index contributed by atoms with van der Waals surface area (Å²) in [6.07, 6.45) is 0. The molecule has 0 atom stereocenters. The van der Waals surface area contributed by atoms with Gasteiger partial charge in [0.1, 0.15) is 0 Å². The summed E-state index contributed by atoms with van der Waals surface area (Å²) in [6, 6.07) is 7.12. The van der Waals surface area contributed by atoms with Crippen molar-refractivity contribution in [3.8, 4) is 0 Å². The van der Waals surface area contributed by atoms with Crippen LogP contribution in [0.3, 0.4) is 0 Å². The standard InChI is InChI=1S/C9H12ClN5O/c10-7-3-1-6(2-4-7)5-16-15-9(13)14-8(11)12/h1-4H,5H2,(H6,11,12,13,14,15). The zero-order valence-electron chi connectivity index (χ0n) is 8.38. The Morgan fingerprint density at radius 1 is 1.31 bits per heavy atom. The molecule has 0 aliphatic heterocycles. The molecule has 0 saturated carbocycles. The van der Waals surface area contributed by atoms with Gasteiger partial charge in [-0.05, 0) is 17.7 Å². The maximum absolute atomic E-state index is 7.23. The van der Waals surface area contributed by atoms with Gasteiger partial charge in [0.05, 0.1) is 6.61 Å². The molecule has 0 amide bonds. The van der Waals surface area contributed by atoms with Crippen LogP contribution in [0.1, 0.15) is 5.56 Å². The SMILES string of the molecule is N=C(N)NC(=N)NOCc1ccc(Cl)cc1. The van der Waals surface area contributed by atoms with E-state index >= 15 is 0 Å². The minimum absolute atomic E-state index is 0.193. The van der Waals surface area contributed by atoms with Crippen molar-refractivity contribution in [2.24, 2.45) is 5.73 Å². The summed E-state index contributed by atoms with van der Waals surface area (Å²) in [5.41, 5.74) is 8.22. The predicted octanol–water partition coefficient (Wildman–Crippen LogP) is 0.779. The van der Waals surface area contributed by atoms with E-state index in [-0.39, 0.29) is 18.5 Å². The van der Waals surface area contributed by atoms with Gasteiger partial charge in [-0.25, -0.2) is 5.48 Å². The number of guanidine groups is 2. The Hall–Kier alpha value is -1.79. The molecule has 16 heavy (non-hydrogen) atoms. The normalized spacial score (nSPS) is 9.56. The average molecular weight is 242 g/mol. The zero-order valence-corrected chi connectivity index (χ0v) is 9.14.